The summed E-state index contributed by atoms with van der Waals surface area (Å²) in [6, 6.07) is 3.93. The lowest BCUT2D eigenvalue weighted by atomic mass is 10.1. The Morgan fingerprint density at radius 3 is 2.52 bits per heavy atom. The lowest BCUT2D eigenvalue weighted by molar-refractivity contribution is -0.137. The van der Waals surface area contributed by atoms with E-state index in [0.29, 0.717) is 4.47 Å². The molecule has 0 N–H and O–H groups in total. The molecule has 2 aromatic heterocycles. The molecule has 0 radical (unpaired) electrons. The van der Waals surface area contributed by atoms with Gasteiger partial charge in [-0.1, -0.05) is 6.92 Å². The van der Waals surface area contributed by atoms with Gasteiger partial charge in [-0.2, -0.15) is 23.0 Å². The molecule has 0 atom stereocenters. The third-order valence-electron chi connectivity index (χ3n) is 3.83. The van der Waals surface area contributed by atoms with Crippen molar-refractivity contribution in [2.45, 2.75) is 18.0 Å². The summed E-state index contributed by atoms with van der Waals surface area (Å²) in [6.45, 7) is 1.44. The summed E-state index contributed by atoms with van der Waals surface area (Å²) in [5.74, 6) is -0.443. The molecule has 0 amide bonds. The van der Waals surface area contributed by atoms with Crippen molar-refractivity contribution in [2.24, 2.45) is 0 Å². The number of hydrogen-bond donors (Lipinski definition) is 0. The molecule has 0 saturated carbocycles. The highest BCUT2D eigenvalue weighted by Gasteiger charge is 2.31. The first-order valence-corrected chi connectivity index (χ1v) is 9.97. The lowest BCUT2D eigenvalue weighted by Gasteiger charge is -2.12. The van der Waals surface area contributed by atoms with Gasteiger partial charge in [0, 0.05) is 16.1 Å². The highest BCUT2D eigenvalue weighted by molar-refractivity contribution is 9.10. The Balaban J connectivity index is 2.29. The molecule has 142 valence electrons. The zero-order valence-electron chi connectivity index (χ0n) is 13.7. The van der Waals surface area contributed by atoms with Crippen LogP contribution in [0.3, 0.4) is 0 Å². The number of halogens is 4. The minimum absolute atomic E-state index is 0.0110. The molecule has 0 unspecified atom stereocenters. The van der Waals surface area contributed by atoms with Crippen molar-refractivity contribution in [3.05, 3.63) is 57.0 Å². The maximum atomic E-state index is 12.8. The number of nitrogens with zero attached hydrogens (tertiary/aromatic N) is 3. The van der Waals surface area contributed by atoms with E-state index in [1.54, 1.807) is 0 Å². The minimum Gasteiger partial charge on any atom is -0.267 e. The van der Waals surface area contributed by atoms with Crippen LogP contribution in [0.2, 0.25) is 0 Å². The number of pyridine rings is 1. The van der Waals surface area contributed by atoms with Gasteiger partial charge in [0.2, 0.25) is 0 Å². The second-order valence-corrected chi connectivity index (χ2v) is 8.70. The minimum atomic E-state index is -4.56. The van der Waals surface area contributed by atoms with Gasteiger partial charge in [0.1, 0.15) is 4.90 Å². The molecule has 0 aliphatic rings. The zero-order valence-corrected chi connectivity index (χ0v) is 16.1. The highest BCUT2D eigenvalue weighted by Crippen LogP contribution is 2.30. The number of fused-ring (bicyclic) bond motifs is 1. The highest BCUT2D eigenvalue weighted by atomic mass is 79.9. The third kappa shape index (κ3) is 3.61. The molecule has 0 aliphatic heterocycles. The van der Waals surface area contributed by atoms with Crippen molar-refractivity contribution < 1.29 is 21.6 Å². The normalized spacial score (nSPS) is 12.5. The van der Waals surface area contributed by atoms with Crippen molar-refractivity contribution in [1.29, 1.82) is 0 Å². The Labute approximate surface area is 159 Å². The average Bonchev–Trinajstić information content (AvgIpc) is 2.61. The molecule has 0 fully saturated rings. The summed E-state index contributed by atoms with van der Waals surface area (Å²) in [4.78, 5) is 16.5. The van der Waals surface area contributed by atoms with Gasteiger partial charge in [0.15, 0.2) is 15.7 Å². The van der Waals surface area contributed by atoms with Gasteiger partial charge in [0.05, 0.1) is 22.9 Å². The summed E-state index contributed by atoms with van der Waals surface area (Å²) >= 11 is 3.13. The van der Waals surface area contributed by atoms with E-state index in [9.17, 15) is 26.4 Å². The van der Waals surface area contributed by atoms with E-state index < -0.39 is 27.1 Å². The molecule has 27 heavy (non-hydrogen) atoms. The molecule has 2 heterocycles. The van der Waals surface area contributed by atoms with Gasteiger partial charge >= 0.3 is 6.18 Å². The summed E-state index contributed by atoms with van der Waals surface area (Å²) in [5.41, 5.74) is -1.69. The van der Waals surface area contributed by atoms with Crippen LogP contribution < -0.4 is 5.56 Å². The van der Waals surface area contributed by atoms with Crippen molar-refractivity contribution in [3.8, 4) is 5.82 Å². The molecule has 0 saturated heterocycles. The Morgan fingerprint density at radius 2 is 1.89 bits per heavy atom. The van der Waals surface area contributed by atoms with Crippen LogP contribution in [-0.2, 0) is 16.0 Å². The number of benzene rings is 1. The fourth-order valence-corrected chi connectivity index (χ4v) is 3.95. The van der Waals surface area contributed by atoms with Crippen LogP contribution >= 0.6 is 15.9 Å². The molecule has 3 aromatic rings. The maximum Gasteiger partial charge on any atom is 0.416 e. The Kier molecular flexibility index (Phi) is 4.85. The van der Waals surface area contributed by atoms with E-state index in [1.165, 1.54) is 19.2 Å². The predicted molar refractivity (Wildman–Crippen MR) is 95.6 cm³/mol. The van der Waals surface area contributed by atoms with Crippen LogP contribution in [0.15, 0.2) is 50.8 Å². The van der Waals surface area contributed by atoms with Gasteiger partial charge in [-0.15, -0.1) is 0 Å². The van der Waals surface area contributed by atoms with E-state index in [1.807, 2.05) is 0 Å². The molecule has 3 rings (SSSR count). The summed E-state index contributed by atoms with van der Waals surface area (Å²) < 4.78 is 64.4. The Morgan fingerprint density at radius 1 is 1.19 bits per heavy atom. The Hall–Kier alpha value is -2.27. The monoisotopic (exact) mass is 461 g/mol. The summed E-state index contributed by atoms with van der Waals surface area (Å²) in [7, 11) is -3.74. The topological polar surface area (TPSA) is 81.9 Å². The number of alkyl halides is 3. The fourth-order valence-electron chi connectivity index (χ4n) is 2.43. The Bertz CT molecular complexity index is 1210. The van der Waals surface area contributed by atoms with Gasteiger partial charge in [-0.25, -0.2) is 13.4 Å². The van der Waals surface area contributed by atoms with Gasteiger partial charge in [0.25, 0.3) is 5.56 Å². The van der Waals surface area contributed by atoms with Crippen molar-refractivity contribution >= 4 is 36.5 Å². The lowest BCUT2D eigenvalue weighted by Crippen LogP contribution is -2.24. The number of aromatic nitrogens is 3. The number of sulfone groups is 1. The van der Waals surface area contributed by atoms with Crippen molar-refractivity contribution in [2.75, 3.05) is 5.75 Å². The standard InChI is InChI=1S/C16H11BrF3N3O3S/c1-2-27(25,26)13-6-11(17)8-21-14(13)23-15(24)12-4-3-10(16(18,19)20)5-9(12)7-22-23/h3-8H,2H2,1H3. The van der Waals surface area contributed by atoms with Crippen LogP contribution in [0, 0.1) is 0 Å². The largest absolute Gasteiger partial charge is 0.416 e. The average molecular weight is 462 g/mol. The molecule has 0 aliphatic carbocycles. The van der Waals surface area contributed by atoms with Crippen LogP contribution in [0.4, 0.5) is 13.2 Å². The first kappa shape index (κ1) is 19.5. The third-order valence-corrected chi connectivity index (χ3v) is 5.99. The molecule has 0 bridgehead atoms. The molecule has 6 nitrogen and oxygen atoms in total. The van der Waals surface area contributed by atoms with E-state index in [-0.39, 0.29) is 27.2 Å². The number of hydrogen-bond acceptors (Lipinski definition) is 5. The van der Waals surface area contributed by atoms with Gasteiger partial charge in [-0.3, -0.25) is 4.79 Å². The maximum absolute atomic E-state index is 12.8. The molecular weight excluding hydrogens is 451 g/mol. The quantitative estimate of drug-likeness (QED) is 0.597. The smallest absolute Gasteiger partial charge is 0.267 e. The first-order valence-electron chi connectivity index (χ1n) is 7.52. The van der Waals surface area contributed by atoms with Gasteiger partial charge < -0.3 is 0 Å². The van der Waals surface area contributed by atoms with E-state index in [4.69, 9.17) is 0 Å². The van der Waals surface area contributed by atoms with Gasteiger partial charge in [-0.05, 0) is 40.2 Å². The summed E-state index contributed by atoms with van der Waals surface area (Å²) in [5, 5.41) is 3.78. The predicted octanol–water partition coefficient (Wildman–Crippen LogP) is 3.36. The van der Waals surface area contributed by atoms with E-state index in [2.05, 4.69) is 26.0 Å². The van der Waals surface area contributed by atoms with E-state index in [0.717, 1.165) is 29.1 Å². The first-order chi connectivity index (χ1) is 12.5. The molecular formula is C16H11BrF3N3O3S. The molecule has 1 aromatic carbocycles. The fraction of sp³-hybridized carbons (Fsp3) is 0.188. The second kappa shape index (κ2) is 6.71. The van der Waals surface area contributed by atoms with Crippen LogP contribution in [0.5, 0.6) is 0 Å². The van der Waals surface area contributed by atoms with E-state index >= 15 is 0 Å². The molecule has 11 heteroatoms. The molecule has 0 spiro atoms. The van der Waals surface area contributed by atoms with Crippen LogP contribution in [-0.4, -0.2) is 28.9 Å². The van der Waals surface area contributed by atoms with Crippen LogP contribution in [0.1, 0.15) is 12.5 Å². The zero-order chi connectivity index (χ0) is 20.0. The van der Waals surface area contributed by atoms with Crippen molar-refractivity contribution in [1.82, 2.24) is 14.8 Å². The SMILES string of the molecule is CCS(=O)(=O)c1cc(Br)cnc1-n1ncc2cc(C(F)(F)F)ccc2c1=O. The van der Waals surface area contributed by atoms with Crippen molar-refractivity contribution in [3.63, 3.8) is 0 Å². The summed E-state index contributed by atoms with van der Waals surface area (Å²) in [6.07, 6.45) is -2.19. The number of rotatable bonds is 3. The van der Waals surface area contributed by atoms with Crippen LogP contribution in [0.25, 0.3) is 16.6 Å². The second-order valence-electron chi connectivity index (χ2n) is 5.54.